The Morgan fingerprint density at radius 2 is 2.17 bits per heavy atom. The molecule has 1 fully saturated rings. The molecule has 0 bridgehead atoms. The first-order valence-corrected chi connectivity index (χ1v) is 6.99. The lowest BCUT2D eigenvalue weighted by molar-refractivity contribution is 0.306. The van der Waals surface area contributed by atoms with Crippen molar-refractivity contribution in [3.05, 3.63) is 30.6 Å². The van der Waals surface area contributed by atoms with Crippen molar-refractivity contribution in [1.29, 1.82) is 0 Å². The van der Waals surface area contributed by atoms with E-state index in [0.29, 0.717) is 5.41 Å². The maximum absolute atomic E-state index is 4.32. The van der Waals surface area contributed by atoms with Gasteiger partial charge >= 0.3 is 0 Å². The van der Waals surface area contributed by atoms with Gasteiger partial charge in [-0.1, -0.05) is 25.8 Å². The van der Waals surface area contributed by atoms with Crippen LogP contribution in [0.3, 0.4) is 0 Å². The zero-order valence-corrected chi connectivity index (χ0v) is 11.0. The minimum atomic E-state index is 0.517. The van der Waals surface area contributed by atoms with Crippen LogP contribution in [0.2, 0.25) is 0 Å². The molecule has 0 aromatic carbocycles. The van der Waals surface area contributed by atoms with Gasteiger partial charge in [0, 0.05) is 18.9 Å². The third-order valence-corrected chi connectivity index (χ3v) is 4.49. The predicted molar refractivity (Wildman–Crippen MR) is 74.9 cm³/mol. The summed E-state index contributed by atoms with van der Waals surface area (Å²) in [6.45, 7) is 3.41. The molecule has 2 heterocycles. The Bertz CT molecular complexity index is 523. The fourth-order valence-electron chi connectivity index (χ4n) is 3.15. The first-order chi connectivity index (χ1) is 8.83. The summed E-state index contributed by atoms with van der Waals surface area (Å²) in [6.07, 6.45) is 10.7. The number of hydrogen-bond acceptors (Lipinski definition) is 2. The zero-order chi connectivity index (χ0) is 12.4. The van der Waals surface area contributed by atoms with E-state index in [1.165, 1.54) is 32.1 Å². The van der Waals surface area contributed by atoms with Gasteiger partial charge in [-0.05, 0) is 36.8 Å². The number of anilines is 1. The number of nitrogens with one attached hydrogen (secondary N) is 1. The summed E-state index contributed by atoms with van der Waals surface area (Å²) in [6, 6.07) is 6.24. The molecule has 18 heavy (non-hydrogen) atoms. The van der Waals surface area contributed by atoms with Crippen LogP contribution in [-0.4, -0.2) is 15.9 Å². The van der Waals surface area contributed by atoms with Crippen molar-refractivity contribution in [3.8, 4) is 0 Å². The quantitative estimate of drug-likeness (QED) is 0.886. The second-order valence-corrected chi connectivity index (χ2v) is 5.48. The molecule has 0 saturated heterocycles. The number of imidazole rings is 1. The van der Waals surface area contributed by atoms with Crippen LogP contribution in [0.4, 0.5) is 5.82 Å². The summed E-state index contributed by atoms with van der Waals surface area (Å²) in [5.41, 5.74) is 1.53. The van der Waals surface area contributed by atoms with Crippen molar-refractivity contribution < 1.29 is 0 Å². The SMILES string of the molecule is CCC1(CNc2cccc3nccn23)CCCC1. The van der Waals surface area contributed by atoms with Crippen molar-refractivity contribution in [1.82, 2.24) is 9.38 Å². The van der Waals surface area contributed by atoms with Gasteiger partial charge in [-0.15, -0.1) is 0 Å². The number of aromatic nitrogens is 2. The van der Waals surface area contributed by atoms with E-state index in [2.05, 4.69) is 33.8 Å². The Labute approximate surface area is 108 Å². The van der Waals surface area contributed by atoms with Crippen LogP contribution in [0.25, 0.3) is 5.65 Å². The van der Waals surface area contributed by atoms with Crippen molar-refractivity contribution in [2.24, 2.45) is 5.41 Å². The normalized spacial score (nSPS) is 18.3. The lowest BCUT2D eigenvalue weighted by atomic mass is 9.83. The van der Waals surface area contributed by atoms with Gasteiger partial charge in [-0.3, -0.25) is 4.40 Å². The summed E-state index contributed by atoms with van der Waals surface area (Å²) in [5, 5.41) is 3.63. The molecule has 0 unspecified atom stereocenters. The Morgan fingerprint density at radius 3 is 2.94 bits per heavy atom. The third-order valence-electron chi connectivity index (χ3n) is 4.49. The standard InChI is InChI=1S/C15H21N3/c1-2-15(8-3-4-9-15)12-17-14-7-5-6-13-16-10-11-18(13)14/h5-7,10-11,17H,2-4,8-9,12H2,1H3. The molecule has 0 aliphatic heterocycles. The fourth-order valence-corrected chi connectivity index (χ4v) is 3.15. The summed E-state index contributed by atoms with van der Waals surface area (Å²) in [5.74, 6) is 1.16. The average Bonchev–Trinajstić information content (AvgIpc) is 3.06. The first-order valence-electron chi connectivity index (χ1n) is 6.99. The monoisotopic (exact) mass is 243 g/mol. The topological polar surface area (TPSA) is 29.3 Å². The largest absolute Gasteiger partial charge is 0.371 e. The van der Waals surface area contributed by atoms with Gasteiger partial charge in [0.15, 0.2) is 0 Å². The Hall–Kier alpha value is -1.51. The molecule has 2 aromatic rings. The van der Waals surface area contributed by atoms with Crippen LogP contribution in [0.15, 0.2) is 30.6 Å². The van der Waals surface area contributed by atoms with E-state index in [4.69, 9.17) is 0 Å². The molecule has 1 N–H and O–H groups in total. The highest BCUT2D eigenvalue weighted by Gasteiger charge is 2.31. The number of hydrogen-bond donors (Lipinski definition) is 1. The number of pyridine rings is 1. The molecular formula is C15H21N3. The van der Waals surface area contributed by atoms with Gasteiger partial charge in [0.25, 0.3) is 0 Å². The van der Waals surface area contributed by atoms with Gasteiger partial charge in [0.2, 0.25) is 0 Å². The van der Waals surface area contributed by atoms with Gasteiger partial charge in [-0.25, -0.2) is 4.98 Å². The number of rotatable bonds is 4. The molecule has 1 aliphatic rings. The van der Waals surface area contributed by atoms with E-state index in [-0.39, 0.29) is 0 Å². The molecule has 3 rings (SSSR count). The molecule has 96 valence electrons. The minimum Gasteiger partial charge on any atom is -0.371 e. The third kappa shape index (κ3) is 1.98. The zero-order valence-electron chi connectivity index (χ0n) is 11.0. The molecule has 3 heteroatoms. The van der Waals surface area contributed by atoms with Crippen molar-refractivity contribution in [2.75, 3.05) is 11.9 Å². The molecular weight excluding hydrogens is 222 g/mol. The molecule has 0 amide bonds. The first kappa shape index (κ1) is 11.6. The van der Waals surface area contributed by atoms with Crippen molar-refractivity contribution >= 4 is 11.5 Å². The van der Waals surface area contributed by atoms with Gasteiger partial charge in [-0.2, -0.15) is 0 Å². The smallest absolute Gasteiger partial charge is 0.138 e. The van der Waals surface area contributed by atoms with E-state index >= 15 is 0 Å². The van der Waals surface area contributed by atoms with Crippen LogP contribution >= 0.6 is 0 Å². The van der Waals surface area contributed by atoms with Gasteiger partial charge in [0.05, 0.1) is 0 Å². The summed E-state index contributed by atoms with van der Waals surface area (Å²) < 4.78 is 2.12. The van der Waals surface area contributed by atoms with Crippen molar-refractivity contribution in [3.63, 3.8) is 0 Å². The minimum absolute atomic E-state index is 0.517. The molecule has 1 aliphatic carbocycles. The Kier molecular flexibility index (Phi) is 2.98. The second kappa shape index (κ2) is 4.63. The van der Waals surface area contributed by atoms with Crippen LogP contribution < -0.4 is 5.32 Å². The molecule has 0 atom stereocenters. The fraction of sp³-hybridized carbons (Fsp3) is 0.533. The molecule has 0 spiro atoms. The Balaban J connectivity index is 1.78. The van der Waals surface area contributed by atoms with Crippen LogP contribution in [0.5, 0.6) is 0 Å². The summed E-state index contributed by atoms with van der Waals surface area (Å²) >= 11 is 0. The molecule has 2 aromatic heterocycles. The van der Waals surface area contributed by atoms with E-state index in [0.717, 1.165) is 18.0 Å². The highest BCUT2D eigenvalue weighted by Crippen LogP contribution is 2.40. The molecule has 0 radical (unpaired) electrons. The van der Waals surface area contributed by atoms with E-state index in [9.17, 15) is 0 Å². The van der Waals surface area contributed by atoms with E-state index in [1.54, 1.807) is 0 Å². The van der Waals surface area contributed by atoms with E-state index in [1.807, 2.05) is 18.5 Å². The number of fused-ring (bicyclic) bond motifs is 1. The average molecular weight is 243 g/mol. The van der Waals surface area contributed by atoms with Crippen LogP contribution in [0.1, 0.15) is 39.0 Å². The van der Waals surface area contributed by atoms with Gasteiger partial charge < -0.3 is 5.32 Å². The summed E-state index contributed by atoms with van der Waals surface area (Å²) in [4.78, 5) is 4.32. The molecule has 3 nitrogen and oxygen atoms in total. The van der Waals surface area contributed by atoms with Crippen molar-refractivity contribution in [2.45, 2.75) is 39.0 Å². The lowest BCUT2D eigenvalue weighted by Gasteiger charge is -2.28. The highest BCUT2D eigenvalue weighted by molar-refractivity contribution is 5.49. The van der Waals surface area contributed by atoms with Crippen LogP contribution in [-0.2, 0) is 0 Å². The van der Waals surface area contributed by atoms with E-state index < -0.39 is 0 Å². The maximum Gasteiger partial charge on any atom is 0.138 e. The van der Waals surface area contributed by atoms with Crippen LogP contribution in [0, 0.1) is 5.41 Å². The lowest BCUT2D eigenvalue weighted by Crippen LogP contribution is -2.26. The maximum atomic E-state index is 4.32. The predicted octanol–water partition coefficient (Wildman–Crippen LogP) is 3.72. The highest BCUT2D eigenvalue weighted by atomic mass is 15.1. The Morgan fingerprint density at radius 1 is 1.33 bits per heavy atom. The summed E-state index contributed by atoms with van der Waals surface area (Å²) in [7, 11) is 0. The second-order valence-electron chi connectivity index (χ2n) is 5.48. The van der Waals surface area contributed by atoms with Gasteiger partial charge in [0.1, 0.15) is 11.5 Å². The number of nitrogens with zero attached hydrogens (tertiary/aromatic N) is 2. The molecule has 1 saturated carbocycles.